The largest absolute Gasteiger partial charge is 0.351 e. The van der Waals surface area contributed by atoms with Crippen LogP contribution in [0.2, 0.25) is 0 Å². The molecule has 0 aliphatic carbocycles. The Bertz CT molecular complexity index is 893. The predicted octanol–water partition coefficient (Wildman–Crippen LogP) is 2.02. The van der Waals surface area contributed by atoms with Crippen LogP contribution in [0.25, 0.3) is 0 Å². The summed E-state index contributed by atoms with van der Waals surface area (Å²) in [5.41, 5.74) is 1.20. The highest BCUT2D eigenvalue weighted by Gasteiger charge is 2.21. The average molecular weight is 372 g/mol. The lowest BCUT2D eigenvalue weighted by molar-refractivity contribution is -0.117. The van der Waals surface area contributed by atoms with Crippen LogP contribution in [0.5, 0.6) is 0 Å². The van der Waals surface area contributed by atoms with Crippen LogP contribution in [0.15, 0.2) is 59.5 Å². The lowest BCUT2D eigenvalue weighted by Crippen LogP contribution is -2.29. The Morgan fingerprint density at radius 2 is 1.73 bits per heavy atom. The van der Waals surface area contributed by atoms with E-state index in [0.717, 1.165) is 12.1 Å². The smallest absolute Gasteiger partial charge is 0.251 e. The maximum Gasteiger partial charge on any atom is 0.251 e. The molecule has 2 amide bonds. The zero-order valence-corrected chi connectivity index (χ0v) is 15.0. The molecule has 0 atom stereocenters. The van der Waals surface area contributed by atoms with Crippen molar-refractivity contribution in [2.75, 3.05) is 23.7 Å². The molecule has 0 unspecified atom stereocenters. The van der Waals surface area contributed by atoms with Crippen molar-refractivity contribution in [3.63, 3.8) is 0 Å². The Morgan fingerprint density at radius 3 is 2.35 bits per heavy atom. The van der Waals surface area contributed by atoms with E-state index in [-0.39, 0.29) is 29.0 Å². The molecular formula is C19H20N2O4S. The summed E-state index contributed by atoms with van der Waals surface area (Å²) < 4.78 is 24.4. The molecule has 6 nitrogen and oxygen atoms in total. The zero-order chi connectivity index (χ0) is 18.6. The van der Waals surface area contributed by atoms with E-state index in [4.69, 9.17) is 0 Å². The van der Waals surface area contributed by atoms with Crippen molar-refractivity contribution in [3.8, 4) is 0 Å². The van der Waals surface area contributed by atoms with Gasteiger partial charge in [-0.15, -0.1) is 0 Å². The minimum absolute atomic E-state index is 0.0302. The van der Waals surface area contributed by atoms with Crippen molar-refractivity contribution in [1.82, 2.24) is 5.32 Å². The molecule has 7 heteroatoms. The quantitative estimate of drug-likeness (QED) is 0.841. The van der Waals surface area contributed by atoms with Gasteiger partial charge in [-0.1, -0.05) is 18.2 Å². The third kappa shape index (κ3) is 4.11. The van der Waals surface area contributed by atoms with E-state index in [2.05, 4.69) is 5.32 Å². The fraction of sp³-hybridized carbons (Fsp3) is 0.263. The summed E-state index contributed by atoms with van der Waals surface area (Å²) in [7, 11) is -3.42. The first-order chi connectivity index (χ1) is 12.5. The van der Waals surface area contributed by atoms with Gasteiger partial charge < -0.3 is 10.2 Å². The van der Waals surface area contributed by atoms with Gasteiger partial charge >= 0.3 is 0 Å². The van der Waals surface area contributed by atoms with Crippen molar-refractivity contribution in [2.45, 2.75) is 17.7 Å². The summed E-state index contributed by atoms with van der Waals surface area (Å²) in [6, 6.07) is 14.9. The van der Waals surface area contributed by atoms with E-state index >= 15 is 0 Å². The van der Waals surface area contributed by atoms with Gasteiger partial charge in [-0.3, -0.25) is 9.59 Å². The van der Waals surface area contributed by atoms with Crippen LogP contribution in [0.3, 0.4) is 0 Å². The first-order valence-electron chi connectivity index (χ1n) is 8.44. The Labute approximate surface area is 152 Å². The fourth-order valence-electron chi connectivity index (χ4n) is 2.86. The fourth-order valence-corrected chi connectivity index (χ4v) is 4.04. The number of carbonyl (C=O) groups is 2. The number of carbonyl (C=O) groups excluding carboxylic acids is 2. The van der Waals surface area contributed by atoms with E-state index in [1.165, 1.54) is 12.1 Å². The third-order valence-corrected chi connectivity index (χ3v) is 6.01. The van der Waals surface area contributed by atoms with Gasteiger partial charge in [-0.2, -0.15) is 0 Å². The van der Waals surface area contributed by atoms with Crippen LogP contribution >= 0.6 is 0 Å². The number of amides is 2. The number of sulfone groups is 1. The highest BCUT2D eigenvalue weighted by molar-refractivity contribution is 7.91. The second-order valence-electron chi connectivity index (χ2n) is 6.08. The molecule has 1 N–H and O–H groups in total. The summed E-state index contributed by atoms with van der Waals surface area (Å²) in [6.07, 6.45) is 1.40. The number of rotatable bonds is 6. The van der Waals surface area contributed by atoms with Crippen LogP contribution in [-0.4, -0.2) is 39.1 Å². The van der Waals surface area contributed by atoms with Gasteiger partial charge in [0.25, 0.3) is 5.91 Å². The maximum absolute atomic E-state index is 12.2. The maximum atomic E-state index is 12.2. The zero-order valence-electron chi connectivity index (χ0n) is 14.2. The van der Waals surface area contributed by atoms with Crippen molar-refractivity contribution in [2.24, 2.45) is 0 Å². The Hall–Kier alpha value is -2.67. The summed E-state index contributed by atoms with van der Waals surface area (Å²) >= 11 is 0. The van der Waals surface area contributed by atoms with Crippen LogP contribution < -0.4 is 10.2 Å². The van der Waals surface area contributed by atoms with Gasteiger partial charge in [0.1, 0.15) is 0 Å². The number of benzene rings is 2. The molecular weight excluding hydrogens is 352 g/mol. The van der Waals surface area contributed by atoms with Crippen LogP contribution in [-0.2, 0) is 14.6 Å². The number of hydrogen-bond acceptors (Lipinski definition) is 4. The summed E-state index contributed by atoms with van der Waals surface area (Å²) in [5, 5.41) is 2.62. The minimum Gasteiger partial charge on any atom is -0.351 e. The van der Waals surface area contributed by atoms with Crippen LogP contribution in [0.1, 0.15) is 23.2 Å². The van der Waals surface area contributed by atoms with Crippen molar-refractivity contribution < 1.29 is 18.0 Å². The van der Waals surface area contributed by atoms with E-state index < -0.39 is 9.84 Å². The minimum atomic E-state index is -3.42. The van der Waals surface area contributed by atoms with Crippen LogP contribution in [0, 0.1) is 0 Å². The molecule has 3 rings (SSSR count). The van der Waals surface area contributed by atoms with Gasteiger partial charge in [-0.25, -0.2) is 8.42 Å². The Kier molecular flexibility index (Phi) is 5.37. The molecule has 26 heavy (non-hydrogen) atoms. The van der Waals surface area contributed by atoms with Gasteiger partial charge in [0.05, 0.1) is 10.6 Å². The molecule has 1 aliphatic heterocycles. The van der Waals surface area contributed by atoms with E-state index in [9.17, 15) is 18.0 Å². The summed E-state index contributed by atoms with van der Waals surface area (Å²) in [5.74, 6) is -0.413. The van der Waals surface area contributed by atoms with Crippen molar-refractivity contribution in [3.05, 3.63) is 60.2 Å². The summed E-state index contributed by atoms with van der Waals surface area (Å²) in [4.78, 5) is 25.9. The number of hydrogen-bond donors (Lipinski definition) is 1. The Balaban J connectivity index is 1.56. The van der Waals surface area contributed by atoms with Crippen LogP contribution in [0.4, 0.5) is 5.69 Å². The standard InChI is InChI=1S/C19H20N2O4S/c22-18-7-4-13-21(18)16-10-8-15(9-11-16)19(23)20-12-14-26(24,25)17-5-2-1-3-6-17/h1-3,5-6,8-11H,4,7,12-14H2,(H,20,23). The third-order valence-electron chi connectivity index (χ3n) is 4.27. The molecule has 0 aromatic heterocycles. The molecule has 2 aromatic rings. The number of anilines is 1. The van der Waals surface area contributed by atoms with Gasteiger partial charge in [-0.05, 0) is 42.8 Å². The van der Waals surface area contributed by atoms with Crippen molar-refractivity contribution >= 4 is 27.3 Å². The number of nitrogens with zero attached hydrogens (tertiary/aromatic N) is 1. The first kappa shape index (κ1) is 18.1. The topological polar surface area (TPSA) is 83.6 Å². The summed E-state index contributed by atoms with van der Waals surface area (Å²) in [6.45, 7) is 0.726. The monoisotopic (exact) mass is 372 g/mol. The highest BCUT2D eigenvalue weighted by atomic mass is 32.2. The normalized spacial score (nSPS) is 14.5. The Morgan fingerprint density at radius 1 is 1.04 bits per heavy atom. The molecule has 2 aromatic carbocycles. The first-order valence-corrected chi connectivity index (χ1v) is 10.1. The molecule has 1 fully saturated rings. The lowest BCUT2D eigenvalue weighted by Gasteiger charge is -2.15. The van der Waals surface area contributed by atoms with E-state index in [1.807, 2.05) is 0 Å². The second-order valence-corrected chi connectivity index (χ2v) is 8.19. The van der Waals surface area contributed by atoms with E-state index in [1.54, 1.807) is 47.4 Å². The molecule has 1 aliphatic rings. The van der Waals surface area contributed by atoms with E-state index in [0.29, 0.717) is 18.5 Å². The molecule has 136 valence electrons. The van der Waals surface area contributed by atoms with Gasteiger partial charge in [0.2, 0.25) is 5.91 Å². The highest BCUT2D eigenvalue weighted by Crippen LogP contribution is 2.21. The lowest BCUT2D eigenvalue weighted by atomic mass is 10.2. The van der Waals surface area contributed by atoms with Gasteiger partial charge in [0, 0.05) is 30.8 Å². The number of nitrogens with one attached hydrogen (secondary N) is 1. The van der Waals surface area contributed by atoms with Crippen molar-refractivity contribution in [1.29, 1.82) is 0 Å². The molecule has 0 radical (unpaired) electrons. The second kappa shape index (κ2) is 7.70. The average Bonchev–Trinajstić information content (AvgIpc) is 3.08. The molecule has 1 heterocycles. The predicted molar refractivity (Wildman–Crippen MR) is 98.9 cm³/mol. The SMILES string of the molecule is O=C(NCCS(=O)(=O)c1ccccc1)c1ccc(N2CCCC2=O)cc1. The van der Waals surface area contributed by atoms with Gasteiger partial charge in [0.15, 0.2) is 9.84 Å². The molecule has 0 saturated carbocycles. The molecule has 1 saturated heterocycles. The molecule has 0 bridgehead atoms. The molecule has 0 spiro atoms.